The molecule has 1 aromatic carbocycles. The molecular weight excluding hydrogens is 328 g/mol. The molecule has 1 unspecified atom stereocenters. The summed E-state index contributed by atoms with van der Waals surface area (Å²) in [5, 5.41) is 11.6. The number of carbonyl (C=O) groups excluding carboxylic acids is 1. The van der Waals surface area contributed by atoms with Crippen molar-refractivity contribution in [2.24, 2.45) is 0 Å². The molecule has 20 heavy (non-hydrogen) atoms. The number of alkyl halides is 1. The molecule has 6 nitrogen and oxygen atoms in total. The SMILES string of the molecule is CCOc1c(C(=O)N(C)C(C)CBr)cccc1[N+](=O)[O-]. The van der Waals surface area contributed by atoms with Gasteiger partial charge in [-0.3, -0.25) is 14.9 Å². The van der Waals surface area contributed by atoms with Gasteiger partial charge in [-0.1, -0.05) is 22.0 Å². The van der Waals surface area contributed by atoms with E-state index in [1.54, 1.807) is 14.0 Å². The molecule has 1 rings (SSSR count). The van der Waals surface area contributed by atoms with Crippen LogP contribution in [-0.2, 0) is 0 Å². The van der Waals surface area contributed by atoms with Crippen LogP contribution in [0.4, 0.5) is 5.69 Å². The zero-order chi connectivity index (χ0) is 15.3. The van der Waals surface area contributed by atoms with E-state index in [-0.39, 0.29) is 35.6 Å². The van der Waals surface area contributed by atoms with Crippen molar-refractivity contribution in [1.29, 1.82) is 0 Å². The highest BCUT2D eigenvalue weighted by atomic mass is 79.9. The number of halogens is 1. The van der Waals surface area contributed by atoms with Crippen molar-refractivity contribution in [2.45, 2.75) is 19.9 Å². The van der Waals surface area contributed by atoms with Crippen LogP contribution in [-0.4, -0.2) is 40.8 Å². The fourth-order valence-electron chi connectivity index (χ4n) is 1.63. The lowest BCUT2D eigenvalue weighted by atomic mass is 10.1. The van der Waals surface area contributed by atoms with E-state index in [2.05, 4.69) is 15.9 Å². The molecule has 0 bridgehead atoms. The van der Waals surface area contributed by atoms with Gasteiger partial charge in [-0.25, -0.2) is 0 Å². The first kappa shape index (κ1) is 16.4. The zero-order valence-corrected chi connectivity index (χ0v) is 13.2. The lowest BCUT2D eigenvalue weighted by molar-refractivity contribution is -0.385. The number of carbonyl (C=O) groups is 1. The Labute approximate surface area is 126 Å². The first-order chi connectivity index (χ1) is 9.43. The highest BCUT2D eigenvalue weighted by Crippen LogP contribution is 2.32. The van der Waals surface area contributed by atoms with Crippen LogP contribution in [0.2, 0.25) is 0 Å². The summed E-state index contributed by atoms with van der Waals surface area (Å²) in [4.78, 5) is 24.4. The fraction of sp³-hybridized carbons (Fsp3) is 0.462. The number of para-hydroxylation sites is 1. The van der Waals surface area contributed by atoms with Gasteiger partial charge < -0.3 is 9.64 Å². The van der Waals surface area contributed by atoms with Crippen LogP contribution in [0.15, 0.2) is 18.2 Å². The number of hydrogen-bond donors (Lipinski definition) is 0. The van der Waals surface area contributed by atoms with E-state index >= 15 is 0 Å². The summed E-state index contributed by atoms with van der Waals surface area (Å²) < 4.78 is 5.31. The second-order valence-electron chi connectivity index (χ2n) is 4.26. The molecule has 0 radical (unpaired) electrons. The standard InChI is InChI=1S/C13H17BrN2O4/c1-4-20-12-10(6-5-7-11(12)16(18)19)13(17)15(3)9(2)8-14/h5-7,9H,4,8H2,1-3H3. The largest absolute Gasteiger partial charge is 0.487 e. The lowest BCUT2D eigenvalue weighted by Crippen LogP contribution is -2.36. The van der Waals surface area contributed by atoms with Crippen LogP contribution in [0.5, 0.6) is 5.75 Å². The summed E-state index contributed by atoms with van der Waals surface area (Å²) in [6.07, 6.45) is 0. The molecule has 0 aliphatic heterocycles. The smallest absolute Gasteiger partial charge is 0.311 e. The van der Waals surface area contributed by atoms with Crippen LogP contribution in [0, 0.1) is 10.1 Å². The average Bonchev–Trinajstić information content (AvgIpc) is 2.45. The monoisotopic (exact) mass is 344 g/mol. The number of hydrogen-bond acceptors (Lipinski definition) is 4. The Bertz CT molecular complexity index is 507. The molecule has 1 aromatic rings. The summed E-state index contributed by atoms with van der Waals surface area (Å²) in [7, 11) is 1.66. The molecule has 7 heteroatoms. The fourth-order valence-corrected chi connectivity index (χ4v) is 2.06. The Kier molecular flexibility index (Phi) is 5.94. The molecule has 1 amide bonds. The Morgan fingerprint density at radius 2 is 2.20 bits per heavy atom. The molecule has 0 saturated carbocycles. The summed E-state index contributed by atoms with van der Waals surface area (Å²) in [5.74, 6) is -0.275. The summed E-state index contributed by atoms with van der Waals surface area (Å²) in [6, 6.07) is 4.32. The minimum absolute atomic E-state index is 0.0265. The average molecular weight is 345 g/mol. The van der Waals surface area contributed by atoms with Crippen LogP contribution in [0.3, 0.4) is 0 Å². The highest BCUT2D eigenvalue weighted by Gasteiger charge is 2.26. The van der Waals surface area contributed by atoms with Gasteiger partial charge in [0.1, 0.15) is 0 Å². The van der Waals surface area contributed by atoms with Crippen LogP contribution in [0.25, 0.3) is 0 Å². The van der Waals surface area contributed by atoms with E-state index in [4.69, 9.17) is 4.74 Å². The molecule has 0 aliphatic rings. The maximum Gasteiger partial charge on any atom is 0.311 e. The molecule has 110 valence electrons. The number of ether oxygens (including phenoxy) is 1. The maximum atomic E-state index is 12.4. The van der Waals surface area contributed by atoms with Crippen molar-refractivity contribution in [3.63, 3.8) is 0 Å². The third-order valence-corrected chi connectivity index (χ3v) is 3.85. The first-order valence-corrected chi connectivity index (χ1v) is 7.29. The minimum atomic E-state index is -0.546. The van der Waals surface area contributed by atoms with Gasteiger partial charge in [0.15, 0.2) is 0 Å². The van der Waals surface area contributed by atoms with E-state index in [0.29, 0.717) is 5.33 Å². The van der Waals surface area contributed by atoms with Gasteiger partial charge >= 0.3 is 5.69 Å². The van der Waals surface area contributed by atoms with Crippen molar-refractivity contribution >= 4 is 27.5 Å². The van der Waals surface area contributed by atoms with Crippen molar-refractivity contribution in [3.05, 3.63) is 33.9 Å². The second kappa shape index (κ2) is 7.23. The molecule has 0 aromatic heterocycles. The minimum Gasteiger partial charge on any atom is -0.487 e. The van der Waals surface area contributed by atoms with E-state index in [1.165, 1.54) is 23.1 Å². The second-order valence-corrected chi connectivity index (χ2v) is 4.91. The molecule has 1 atom stereocenters. The van der Waals surface area contributed by atoms with Crippen molar-refractivity contribution < 1.29 is 14.5 Å². The van der Waals surface area contributed by atoms with Gasteiger partial charge in [0.05, 0.1) is 17.1 Å². The molecule has 0 aliphatic carbocycles. The summed E-state index contributed by atoms with van der Waals surface area (Å²) >= 11 is 3.31. The van der Waals surface area contributed by atoms with Crippen LogP contribution in [0.1, 0.15) is 24.2 Å². The molecule has 0 fully saturated rings. The maximum absolute atomic E-state index is 12.4. The van der Waals surface area contributed by atoms with Gasteiger partial charge in [-0.05, 0) is 19.9 Å². The van der Waals surface area contributed by atoms with Crippen molar-refractivity contribution in [3.8, 4) is 5.75 Å². The van der Waals surface area contributed by atoms with Crippen molar-refractivity contribution in [1.82, 2.24) is 4.90 Å². The van der Waals surface area contributed by atoms with Gasteiger partial charge in [0.25, 0.3) is 5.91 Å². The number of nitrogens with zero attached hydrogens (tertiary/aromatic N) is 2. The van der Waals surface area contributed by atoms with E-state index < -0.39 is 4.92 Å². The van der Waals surface area contributed by atoms with Gasteiger partial charge in [0.2, 0.25) is 5.75 Å². The number of nitro benzene ring substituents is 1. The lowest BCUT2D eigenvalue weighted by Gasteiger charge is -2.24. The molecule has 0 saturated heterocycles. The van der Waals surface area contributed by atoms with Gasteiger partial charge in [-0.15, -0.1) is 0 Å². The Balaban J connectivity index is 3.26. The Morgan fingerprint density at radius 3 is 2.70 bits per heavy atom. The number of benzene rings is 1. The molecule has 0 spiro atoms. The molecule has 0 N–H and O–H groups in total. The quantitative estimate of drug-likeness (QED) is 0.451. The summed E-state index contributed by atoms with van der Waals surface area (Å²) in [5.41, 5.74) is 0.00828. The Hall–Kier alpha value is -1.63. The van der Waals surface area contributed by atoms with Crippen LogP contribution < -0.4 is 4.74 Å². The van der Waals surface area contributed by atoms with Crippen LogP contribution >= 0.6 is 15.9 Å². The van der Waals surface area contributed by atoms with Crippen molar-refractivity contribution in [2.75, 3.05) is 19.0 Å². The topological polar surface area (TPSA) is 72.7 Å². The predicted molar refractivity (Wildman–Crippen MR) is 79.6 cm³/mol. The number of rotatable bonds is 6. The number of amides is 1. The predicted octanol–water partition coefficient (Wildman–Crippen LogP) is 2.85. The normalized spacial score (nSPS) is 11.8. The third kappa shape index (κ3) is 3.47. The molecular formula is C13H17BrN2O4. The third-order valence-electron chi connectivity index (χ3n) is 2.91. The highest BCUT2D eigenvalue weighted by molar-refractivity contribution is 9.09. The summed E-state index contributed by atoms with van der Waals surface area (Å²) in [6.45, 7) is 3.85. The van der Waals surface area contributed by atoms with E-state index in [0.717, 1.165) is 0 Å². The Morgan fingerprint density at radius 1 is 1.55 bits per heavy atom. The first-order valence-electron chi connectivity index (χ1n) is 6.17. The van der Waals surface area contributed by atoms with Gasteiger partial charge in [0, 0.05) is 24.5 Å². The van der Waals surface area contributed by atoms with E-state index in [1.807, 2.05) is 6.92 Å². The molecule has 0 heterocycles. The number of nitro groups is 1. The van der Waals surface area contributed by atoms with Gasteiger partial charge in [-0.2, -0.15) is 0 Å². The zero-order valence-electron chi connectivity index (χ0n) is 11.6. The van der Waals surface area contributed by atoms with E-state index in [9.17, 15) is 14.9 Å².